The van der Waals surface area contributed by atoms with Gasteiger partial charge in [0.1, 0.15) is 5.75 Å². The zero-order valence-corrected chi connectivity index (χ0v) is 10.5. The van der Waals surface area contributed by atoms with Gasteiger partial charge in [-0.2, -0.15) is 0 Å². The molecule has 3 N–H and O–H groups in total. The number of rotatable bonds is 4. The van der Waals surface area contributed by atoms with Crippen LogP contribution in [0.4, 0.5) is 18.9 Å². The molecule has 0 aliphatic rings. The van der Waals surface area contributed by atoms with Gasteiger partial charge >= 0.3 is 6.36 Å². The standard InChI is InChI=1S/C12H12F3N3O2/c1-19-6-7-4-11(18-16)9-5-8(20-12(13,14)15)2-3-10(9)17-7/h2-5H,6,16H2,1H3,(H,17,18). The fourth-order valence-electron chi connectivity index (χ4n) is 1.80. The summed E-state index contributed by atoms with van der Waals surface area (Å²) in [7, 11) is 1.52. The van der Waals surface area contributed by atoms with Crippen molar-refractivity contribution in [2.75, 3.05) is 12.5 Å². The molecular formula is C12H12F3N3O2. The molecule has 0 bridgehead atoms. The molecule has 2 aromatic rings. The molecule has 8 heteroatoms. The molecule has 0 aliphatic heterocycles. The summed E-state index contributed by atoms with van der Waals surface area (Å²) < 4.78 is 45.4. The molecule has 0 fully saturated rings. The lowest BCUT2D eigenvalue weighted by Crippen LogP contribution is -2.17. The van der Waals surface area contributed by atoms with Crippen LogP contribution in [0.3, 0.4) is 0 Å². The monoisotopic (exact) mass is 287 g/mol. The second-order valence-corrected chi connectivity index (χ2v) is 3.97. The average molecular weight is 287 g/mol. The van der Waals surface area contributed by atoms with Crippen LogP contribution in [0.2, 0.25) is 0 Å². The summed E-state index contributed by atoms with van der Waals surface area (Å²) in [5.41, 5.74) is 3.96. The molecule has 1 aromatic carbocycles. The van der Waals surface area contributed by atoms with Crippen molar-refractivity contribution < 1.29 is 22.6 Å². The number of nitrogens with one attached hydrogen (secondary N) is 1. The maximum absolute atomic E-state index is 12.2. The third-order valence-corrected chi connectivity index (χ3v) is 2.51. The van der Waals surface area contributed by atoms with E-state index in [-0.39, 0.29) is 12.4 Å². The average Bonchev–Trinajstić information content (AvgIpc) is 2.36. The van der Waals surface area contributed by atoms with Crippen molar-refractivity contribution in [2.45, 2.75) is 13.0 Å². The van der Waals surface area contributed by atoms with Gasteiger partial charge in [0.15, 0.2) is 0 Å². The van der Waals surface area contributed by atoms with Crippen LogP contribution >= 0.6 is 0 Å². The molecule has 0 radical (unpaired) electrons. The molecule has 1 aromatic heterocycles. The van der Waals surface area contributed by atoms with Crippen LogP contribution < -0.4 is 16.0 Å². The first-order valence-corrected chi connectivity index (χ1v) is 5.58. The van der Waals surface area contributed by atoms with Gasteiger partial charge in [0, 0.05) is 12.5 Å². The first kappa shape index (κ1) is 14.4. The predicted octanol–water partition coefficient (Wildman–Crippen LogP) is 2.57. The second kappa shape index (κ2) is 5.51. The molecule has 20 heavy (non-hydrogen) atoms. The summed E-state index contributed by atoms with van der Waals surface area (Å²) in [6, 6.07) is 5.45. The van der Waals surface area contributed by atoms with Gasteiger partial charge < -0.3 is 14.9 Å². The number of alkyl halides is 3. The molecule has 0 saturated carbocycles. The Morgan fingerprint density at radius 3 is 2.65 bits per heavy atom. The van der Waals surface area contributed by atoms with Gasteiger partial charge in [-0.25, -0.2) is 0 Å². The molecule has 0 unspecified atom stereocenters. The minimum atomic E-state index is -4.74. The van der Waals surface area contributed by atoms with Crippen LogP contribution in [0.25, 0.3) is 10.9 Å². The van der Waals surface area contributed by atoms with Gasteiger partial charge in [-0.15, -0.1) is 13.2 Å². The van der Waals surface area contributed by atoms with E-state index in [2.05, 4.69) is 15.1 Å². The van der Waals surface area contributed by atoms with Crippen molar-refractivity contribution in [2.24, 2.45) is 5.84 Å². The number of hydrazine groups is 1. The molecule has 2 rings (SSSR count). The largest absolute Gasteiger partial charge is 0.573 e. The number of anilines is 1. The quantitative estimate of drug-likeness (QED) is 0.668. The van der Waals surface area contributed by atoms with Crippen molar-refractivity contribution in [3.63, 3.8) is 0 Å². The first-order valence-electron chi connectivity index (χ1n) is 5.58. The molecule has 0 saturated heterocycles. The van der Waals surface area contributed by atoms with E-state index in [9.17, 15) is 13.2 Å². The van der Waals surface area contributed by atoms with Gasteiger partial charge in [-0.05, 0) is 24.3 Å². The van der Waals surface area contributed by atoms with Crippen LogP contribution in [0.1, 0.15) is 5.69 Å². The van der Waals surface area contributed by atoms with E-state index in [1.54, 1.807) is 6.07 Å². The van der Waals surface area contributed by atoms with Crippen molar-refractivity contribution in [1.82, 2.24) is 4.98 Å². The lowest BCUT2D eigenvalue weighted by atomic mass is 10.1. The highest BCUT2D eigenvalue weighted by molar-refractivity contribution is 5.92. The van der Waals surface area contributed by atoms with Gasteiger partial charge in [0.2, 0.25) is 0 Å². The normalized spacial score (nSPS) is 11.7. The molecule has 0 atom stereocenters. The molecule has 1 heterocycles. The summed E-state index contributed by atoms with van der Waals surface area (Å²) in [4.78, 5) is 4.25. The highest BCUT2D eigenvalue weighted by Gasteiger charge is 2.31. The van der Waals surface area contributed by atoms with Gasteiger partial charge in [-0.1, -0.05) is 0 Å². The smallest absolute Gasteiger partial charge is 0.406 e. The molecule has 0 spiro atoms. The zero-order valence-electron chi connectivity index (χ0n) is 10.5. The number of hydrogen-bond acceptors (Lipinski definition) is 5. The molecule has 5 nitrogen and oxygen atoms in total. The van der Waals surface area contributed by atoms with Crippen LogP contribution in [0.5, 0.6) is 5.75 Å². The van der Waals surface area contributed by atoms with Gasteiger partial charge in [-0.3, -0.25) is 10.8 Å². The van der Waals surface area contributed by atoms with E-state index in [1.165, 1.54) is 25.3 Å². The highest BCUT2D eigenvalue weighted by Crippen LogP contribution is 2.30. The van der Waals surface area contributed by atoms with E-state index in [1.807, 2.05) is 0 Å². The maximum atomic E-state index is 12.2. The Labute approximate surface area is 112 Å². The third-order valence-electron chi connectivity index (χ3n) is 2.51. The van der Waals surface area contributed by atoms with Crippen LogP contribution in [0, 0.1) is 0 Å². The Morgan fingerprint density at radius 1 is 1.30 bits per heavy atom. The summed E-state index contributed by atoms with van der Waals surface area (Å²) in [6.07, 6.45) is -4.74. The number of benzene rings is 1. The number of halogens is 3. The Kier molecular flexibility index (Phi) is 3.96. The zero-order chi connectivity index (χ0) is 14.8. The molecule has 0 amide bonds. The molecule has 108 valence electrons. The maximum Gasteiger partial charge on any atom is 0.573 e. The Morgan fingerprint density at radius 2 is 2.05 bits per heavy atom. The van der Waals surface area contributed by atoms with Crippen LogP contribution in [-0.2, 0) is 11.3 Å². The van der Waals surface area contributed by atoms with Crippen molar-refractivity contribution in [3.05, 3.63) is 30.0 Å². The van der Waals surface area contributed by atoms with E-state index >= 15 is 0 Å². The SMILES string of the molecule is COCc1cc(NN)c2cc(OC(F)(F)F)ccc2n1. The Bertz CT molecular complexity index is 617. The second-order valence-electron chi connectivity index (χ2n) is 3.97. The summed E-state index contributed by atoms with van der Waals surface area (Å²) in [6.45, 7) is 0.269. The molecular weight excluding hydrogens is 275 g/mol. The van der Waals surface area contributed by atoms with Gasteiger partial charge in [0.25, 0.3) is 0 Å². The Hall–Kier alpha value is -2.06. The lowest BCUT2D eigenvalue weighted by Gasteiger charge is -2.12. The number of hydrogen-bond donors (Lipinski definition) is 2. The van der Waals surface area contributed by atoms with Crippen LogP contribution in [-0.4, -0.2) is 18.5 Å². The molecule has 0 aliphatic carbocycles. The van der Waals surface area contributed by atoms with E-state index in [4.69, 9.17) is 10.6 Å². The number of aromatic nitrogens is 1. The minimum absolute atomic E-state index is 0.269. The number of ether oxygens (including phenoxy) is 2. The summed E-state index contributed by atoms with van der Waals surface area (Å²) in [5.74, 6) is 5.05. The van der Waals surface area contributed by atoms with Crippen LogP contribution in [0.15, 0.2) is 24.3 Å². The number of nitrogens with two attached hydrogens (primary N) is 1. The number of nitrogen functional groups attached to an aromatic ring is 1. The van der Waals surface area contributed by atoms with Crippen molar-refractivity contribution in [3.8, 4) is 5.75 Å². The minimum Gasteiger partial charge on any atom is -0.406 e. The van der Waals surface area contributed by atoms with Crippen molar-refractivity contribution in [1.29, 1.82) is 0 Å². The Balaban J connectivity index is 2.48. The fraction of sp³-hybridized carbons (Fsp3) is 0.250. The van der Waals surface area contributed by atoms with E-state index in [0.29, 0.717) is 22.3 Å². The van der Waals surface area contributed by atoms with Gasteiger partial charge in [0.05, 0.1) is 23.5 Å². The topological polar surface area (TPSA) is 69.4 Å². The predicted molar refractivity (Wildman–Crippen MR) is 66.9 cm³/mol. The number of fused-ring (bicyclic) bond motifs is 1. The highest BCUT2D eigenvalue weighted by atomic mass is 19.4. The third kappa shape index (κ3) is 3.28. The number of methoxy groups -OCH3 is 1. The van der Waals surface area contributed by atoms with Crippen molar-refractivity contribution >= 4 is 16.6 Å². The summed E-state index contributed by atoms with van der Waals surface area (Å²) in [5, 5.41) is 0.425. The number of nitrogens with zero attached hydrogens (tertiary/aromatic N) is 1. The number of pyridine rings is 1. The first-order chi connectivity index (χ1) is 9.43. The van der Waals surface area contributed by atoms with E-state index in [0.717, 1.165) is 0 Å². The summed E-state index contributed by atoms with van der Waals surface area (Å²) >= 11 is 0. The lowest BCUT2D eigenvalue weighted by molar-refractivity contribution is -0.274. The van der Waals surface area contributed by atoms with E-state index < -0.39 is 6.36 Å². The fourth-order valence-corrected chi connectivity index (χ4v) is 1.80.